The maximum atomic E-state index is 13.2. The monoisotopic (exact) mass is 275 g/mol. The molecule has 1 N–H and O–H groups in total. The smallest absolute Gasteiger partial charge is 0.123 e. The van der Waals surface area contributed by atoms with Crippen LogP contribution >= 0.6 is 0 Å². The molecule has 2 aliphatic carbocycles. The standard InChI is InChI=1S/C18H26FN/c1-3-9-20-17(18-15-5-4-6-16(15)18)11-13-7-8-14(19)10-12(13)2/h7-8,10,15-18,20H,3-6,9,11H2,1-2H3. The lowest BCUT2D eigenvalue weighted by atomic mass is 9.94. The molecule has 2 saturated carbocycles. The normalized spacial score (nSPS) is 29.2. The van der Waals surface area contributed by atoms with Crippen molar-refractivity contribution in [2.45, 2.75) is 52.0 Å². The number of rotatable bonds is 6. The number of halogens is 1. The summed E-state index contributed by atoms with van der Waals surface area (Å²) in [6.07, 6.45) is 6.54. The lowest BCUT2D eigenvalue weighted by Gasteiger charge is -2.21. The van der Waals surface area contributed by atoms with Crippen molar-refractivity contribution < 1.29 is 4.39 Å². The van der Waals surface area contributed by atoms with Gasteiger partial charge in [0, 0.05) is 6.04 Å². The van der Waals surface area contributed by atoms with Crippen molar-refractivity contribution in [1.82, 2.24) is 5.32 Å². The molecule has 0 heterocycles. The molecule has 0 amide bonds. The first-order valence-corrected chi connectivity index (χ1v) is 8.19. The van der Waals surface area contributed by atoms with E-state index in [0.29, 0.717) is 6.04 Å². The molecule has 3 atom stereocenters. The van der Waals surface area contributed by atoms with Crippen molar-refractivity contribution in [3.8, 4) is 0 Å². The highest BCUT2D eigenvalue weighted by Gasteiger charge is 2.55. The van der Waals surface area contributed by atoms with Crippen LogP contribution in [0.2, 0.25) is 0 Å². The number of nitrogens with one attached hydrogen (secondary N) is 1. The average Bonchev–Trinajstić information content (AvgIpc) is 2.90. The molecule has 3 unspecified atom stereocenters. The fourth-order valence-corrected chi connectivity index (χ4v) is 4.27. The lowest BCUT2D eigenvalue weighted by Crippen LogP contribution is -2.35. The molecule has 3 rings (SSSR count). The van der Waals surface area contributed by atoms with Crippen molar-refractivity contribution in [2.75, 3.05) is 6.54 Å². The van der Waals surface area contributed by atoms with Crippen molar-refractivity contribution in [3.63, 3.8) is 0 Å². The van der Waals surface area contributed by atoms with Gasteiger partial charge in [0.25, 0.3) is 0 Å². The summed E-state index contributed by atoms with van der Waals surface area (Å²) in [6, 6.07) is 5.84. The van der Waals surface area contributed by atoms with Crippen LogP contribution in [0.3, 0.4) is 0 Å². The van der Waals surface area contributed by atoms with Gasteiger partial charge < -0.3 is 5.32 Å². The maximum Gasteiger partial charge on any atom is 0.123 e. The van der Waals surface area contributed by atoms with E-state index in [2.05, 4.69) is 12.2 Å². The van der Waals surface area contributed by atoms with Crippen LogP contribution in [0, 0.1) is 30.5 Å². The van der Waals surface area contributed by atoms with E-state index in [1.807, 2.05) is 13.0 Å². The zero-order valence-electron chi connectivity index (χ0n) is 12.7. The molecule has 1 aromatic rings. The van der Waals surface area contributed by atoms with Crippen LogP contribution in [0.15, 0.2) is 18.2 Å². The van der Waals surface area contributed by atoms with E-state index in [4.69, 9.17) is 0 Å². The largest absolute Gasteiger partial charge is 0.313 e. The van der Waals surface area contributed by atoms with Gasteiger partial charge in [-0.15, -0.1) is 0 Å². The fraction of sp³-hybridized carbons (Fsp3) is 0.667. The fourth-order valence-electron chi connectivity index (χ4n) is 4.27. The number of hydrogen-bond acceptors (Lipinski definition) is 1. The highest BCUT2D eigenvalue weighted by Crippen LogP contribution is 2.59. The minimum absolute atomic E-state index is 0.118. The summed E-state index contributed by atoms with van der Waals surface area (Å²) in [5.41, 5.74) is 2.41. The molecular formula is C18H26FN. The quantitative estimate of drug-likeness (QED) is 0.824. The van der Waals surface area contributed by atoms with Gasteiger partial charge in [0.1, 0.15) is 5.82 Å². The highest BCUT2D eigenvalue weighted by molar-refractivity contribution is 5.28. The summed E-state index contributed by atoms with van der Waals surface area (Å²) >= 11 is 0. The third kappa shape index (κ3) is 2.76. The molecule has 0 bridgehead atoms. The Labute approximate surface area is 122 Å². The van der Waals surface area contributed by atoms with Crippen LogP contribution in [0.4, 0.5) is 4.39 Å². The minimum Gasteiger partial charge on any atom is -0.313 e. The number of hydrogen-bond donors (Lipinski definition) is 1. The van der Waals surface area contributed by atoms with Crippen LogP contribution < -0.4 is 5.32 Å². The van der Waals surface area contributed by atoms with E-state index in [9.17, 15) is 4.39 Å². The van der Waals surface area contributed by atoms with Crippen molar-refractivity contribution in [3.05, 3.63) is 35.1 Å². The summed E-state index contributed by atoms with van der Waals surface area (Å²) in [5.74, 6) is 2.71. The molecule has 0 saturated heterocycles. The summed E-state index contributed by atoms with van der Waals surface area (Å²) in [4.78, 5) is 0. The first kappa shape index (κ1) is 14.1. The van der Waals surface area contributed by atoms with Crippen molar-refractivity contribution in [2.24, 2.45) is 17.8 Å². The number of aryl methyl sites for hydroxylation is 1. The third-order valence-electron chi connectivity index (χ3n) is 5.34. The molecule has 0 radical (unpaired) electrons. The molecule has 1 aromatic carbocycles. The van der Waals surface area contributed by atoms with E-state index in [1.54, 1.807) is 12.1 Å². The van der Waals surface area contributed by atoms with Gasteiger partial charge in [-0.2, -0.15) is 0 Å². The Morgan fingerprint density at radius 2 is 2.05 bits per heavy atom. The second kappa shape index (κ2) is 5.85. The van der Waals surface area contributed by atoms with E-state index in [-0.39, 0.29) is 5.82 Å². The molecule has 1 nitrogen and oxygen atoms in total. The van der Waals surface area contributed by atoms with Crippen molar-refractivity contribution in [1.29, 1.82) is 0 Å². The Balaban J connectivity index is 1.69. The second-order valence-electron chi connectivity index (χ2n) is 6.67. The third-order valence-corrected chi connectivity index (χ3v) is 5.34. The van der Waals surface area contributed by atoms with Gasteiger partial charge in [0.05, 0.1) is 0 Å². The van der Waals surface area contributed by atoms with Crippen LogP contribution in [0.25, 0.3) is 0 Å². The van der Waals surface area contributed by atoms with Gasteiger partial charge in [0.2, 0.25) is 0 Å². The van der Waals surface area contributed by atoms with Crippen LogP contribution in [0.1, 0.15) is 43.7 Å². The van der Waals surface area contributed by atoms with Crippen molar-refractivity contribution >= 4 is 0 Å². The SMILES string of the molecule is CCCNC(Cc1ccc(F)cc1C)C1C2CCCC21. The molecule has 0 aliphatic heterocycles. The van der Waals surface area contributed by atoms with Crippen LogP contribution in [-0.2, 0) is 6.42 Å². The lowest BCUT2D eigenvalue weighted by molar-refractivity contribution is 0.403. The Morgan fingerprint density at radius 1 is 1.30 bits per heavy atom. The first-order chi connectivity index (χ1) is 9.70. The van der Waals surface area contributed by atoms with E-state index in [1.165, 1.54) is 31.2 Å². The van der Waals surface area contributed by atoms with Gasteiger partial charge in [0.15, 0.2) is 0 Å². The van der Waals surface area contributed by atoms with E-state index < -0.39 is 0 Å². The predicted molar refractivity (Wildman–Crippen MR) is 81.2 cm³/mol. The summed E-state index contributed by atoms with van der Waals surface area (Å²) in [6.45, 7) is 5.35. The zero-order valence-corrected chi connectivity index (χ0v) is 12.7. The Morgan fingerprint density at radius 3 is 2.70 bits per heavy atom. The van der Waals surface area contributed by atoms with Gasteiger partial charge in [-0.25, -0.2) is 4.39 Å². The van der Waals surface area contributed by atoms with Crippen LogP contribution in [-0.4, -0.2) is 12.6 Å². The molecule has 2 aliphatic rings. The molecule has 0 aromatic heterocycles. The average molecular weight is 275 g/mol. The second-order valence-corrected chi connectivity index (χ2v) is 6.67. The van der Waals surface area contributed by atoms with E-state index >= 15 is 0 Å². The summed E-state index contributed by atoms with van der Waals surface area (Å²) in [5, 5.41) is 3.76. The number of fused-ring (bicyclic) bond motifs is 1. The molecular weight excluding hydrogens is 249 g/mol. The summed E-state index contributed by atoms with van der Waals surface area (Å²) < 4.78 is 13.2. The summed E-state index contributed by atoms with van der Waals surface area (Å²) in [7, 11) is 0. The molecule has 0 spiro atoms. The van der Waals surface area contributed by atoms with Gasteiger partial charge >= 0.3 is 0 Å². The molecule has 20 heavy (non-hydrogen) atoms. The Kier molecular flexibility index (Phi) is 4.11. The number of benzene rings is 1. The Hall–Kier alpha value is -0.890. The van der Waals surface area contributed by atoms with Gasteiger partial charge in [-0.3, -0.25) is 0 Å². The highest BCUT2D eigenvalue weighted by atomic mass is 19.1. The first-order valence-electron chi connectivity index (χ1n) is 8.19. The molecule has 110 valence electrons. The minimum atomic E-state index is -0.118. The zero-order chi connectivity index (χ0) is 14.1. The molecule has 2 fully saturated rings. The van der Waals surface area contributed by atoms with Crippen LogP contribution in [0.5, 0.6) is 0 Å². The maximum absolute atomic E-state index is 13.2. The molecule has 2 heteroatoms. The topological polar surface area (TPSA) is 12.0 Å². The predicted octanol–water partition coefficient (Wildman–Crippen LogP) is 4.09. The van der Waals surface area contributed by atoms with Gasteiger partial charge in [-0.1, -0.05) is 19.4 Å². The van der Waals surface area contributed by atoms with Gasteiger partial charge in [-0.05, 0) is 80.2 Å². The Bertz CT molecular complexity index is 460. The van der Waals surface area contributed by atoms with E-state index in [0.717, 1.165) is 36.3 Å².